The van der Waals surface area contributed by atoms with Crippen LogP contribution in [0.3, 0.4) is 0 Å². The van der Waals surface area contributed by atoms with E-state index in [0.29, 0.717) is 5.82 Å². The SMILES string of the molecule is c1ccc(-c2nc(-c3cccc4oc5c(-c6ccc7ccccc7c6)cccc5c34)nc3c2sc2ccccc23)cc1. The van der Waals surface area contributed by atoms with Gasteiger partial charge < -0.3 is 4.42 Å². The van der Waals surface area contributed by atoms with Gasteiger partial charge in [-0.1, -0.05) is 115 Å². The standard InChI is InChI=1S/C38H22N2OS/c1-2-11-24(12-3-1)34-37-35(28-14-6-7-19-32(28)42-37)40-38(39-34)30-17-9-18-31-33(30)29-16-8-15-27(36(29)41-31)26-21-20-23-10-4-5-13-25(23)22-26/h1-22H. The number of hydrogen-bond donors (Lipinski definition) is 0. The summed E-state index contributed by atoms with van der Waals surface area (Å²) in [6.45, 7) is 0. The molecule has 0 saturated carbocycles. The first-order valence-corrected chi connectivity index (χ1v) is 14.8. The van der Waals surface area contributed by atoms with Crippen molar-refractivity contribution < 1.29 is 4.42 Å². The third-order valence-electron chi connectivity index (χ3n) is 8.09. The maximum absolute atomic E-state index is 6.62. The Morgan fingerprint density at radius 3 is 2.24 bits per heavy atom. The van der Waals surface area contributed by atoms with Crippen LogP contribution in [0.25, 0.3) is 86.8 Å². The zero-order chi connectivity index (χ0) is 27.6. The molecular weight excluding hydrogens is 532 g/mol. The predicted molar refractivity (Wildman–Crippen MR) is 176 cm³/mol. The molecule has 0 unspecified atom stereocenters. The van der Waals surface area contributed by atoms with E-state index >= 15 is 0 Å². The quantitative estimate of drug-likeness (QED) is 0.218. The number of rotatable bonds is 3. The molecule has 0 amide bonds. The maximum atomic E-state index is 6.62. The van der Waals surface area contributed by atoms with Crippen molar-refractivity contribution in [1.82, 2.24) is 9.97 Å². The Bertz CT molecular complexity index is 2470. The van der Waals surface area contributed by atoms with Gasteiger partial charge in [-0.25, -0.2) is 9.97 Å². The molecule has 0 atom stereocenters. The molecule has 0 radical (unpaired) electrons. The average Bonchev–Trinajstić information content (AvgIpc) is 3.63. The Morgan fingerprint density at radius 1 is 0.548 bits per heavy atom. The second kappa shape index (κ2) is 9.10. The molecule has 0 saturated heterocycles. The maximum Gasteiger partial charge on any atom is 0.161 e. The fourth-order valence-corrected chi connectivity index (χ4v) is 7.28. The molecule has 42 heavy (non-hydrogen) atoms. The molecule has 6 aromatic carbocycles. The summed E-state index contributed by atoms with van der Waals surface area (Å²) in [5.74, 6) is 0.703. The second-order valence-electron chi connectivity index (χ2n) is 10.6. The van der Waals surface area contributed by atoms with Crippen LogP contribution in [0.1, 0.15) is 0 Å². The lowest BCUT2D eigenvalue weighted by Gasteiger charge is -2.08. The van der Waals surface area contributed by atoms with Crippen molar-refractivity contribution in [2.75, 3.05) is 0 Å². The van der Waals surface area contributed by atoms with Crippen LogP contribution in [0.15, 0.2) is 138 Å². The highest BCUT2D eigenvalue weighted by molar-refractivity contribution is 7.26. The van der Waals surface area contributed by atoms with E-state index in [4.69, 9.17) is 14.4 Å². The van der Waals surface area contributed by atoms with Crippen LogP contribution in [0.4, 0.5) is 0 Å². The molecule has 3 aromatic heterocycles. The summed E-state index contributed by atoms with van der Waals surface area (Å²) in [6, 6.07) is 46.5. The molecule has 9 rings (SSSR count). The van der Waals surface area contributed by atoms with Gasteiger partial charge in [0.05, 0.1) is 15.9 Å². The number of fused-ring (bicyclic) bond motifs is 7. The van der Waals surface area contributed by atoms with Crippen molar-refractivity contribution >= 4 is 64.4 Å². The van der Waals surface area contributed by atoms with Crippen LogP contribution in [-0.4, -0.2) is 9.97 Å². The minimum atomic E-state index is 0.703. The third-order valence-corrected chi connectivity index (χ3v) is 9.26. The Morgan fingerprint density at radius 2 is 1.31 bits per heavy atom. The average molecular weight is 555 g/mol. The van der Waals surface area contributed by atoms with E-state index in [-0.39, 0.29) is 0 Å². The Labute approximate surface area is 245 Å². The van der Waals surface area contributed by atoms with E-state index in [1.54, 1.807) is 11.3 Å². The number of nitrogens with zero attached hydrogens (tertiary/aromatic N) is 2. The Kier molecular flexibility index (Phi) is 5.07. The first-order valence-electron chi connectivity index (χ1n) is 14.0. The van der Waals surface area contributed by atoms with E-state index in [0.717, 1.165) is 65.5 Å². The first-order chi connectivity index (χ1) is 20.8. The van der Waals surface area contributed by atoms with Gasteiger partial charge in [-0.15, -0.1) is 11.3 Å². The monoisotopic (exact) mass is 554 g/mol. The molecular formula is C38H22N2OS. The minimum absolute atomic E-state index is 0.703. The molecule has 0 aliphatic carbocycles. The highest BCUT2D eigenvalue weighted by Crippen LogP contribution is 2.43. The van der Waals surface area contributed by atoms with Gasteiger partial charge in [0.2, 0.25) is 0 Å². The van der Waals surface area contributed by atoms with Crippen LogP contribution < -0.4 is 0 Å². The van der Waals surface area contributed by atoms with Crippen LogP contribution in [0, 0.1) is 0 Å². The van der Waals surface area contributed by atoms with Crippen molar-refractivity contribution in [2.24, 2.45) is 0 Å². The first kappa shape index (κ1) is 23.4. The molecule has 0 bridgehead atoms. The normalized spacial score (nSPS) is 11.8. The lowest BCUT2D eigenvalue weighted by atomic mass is 9.98. The summed E-state index contributed by atoms with van der Waals surface area (Å²) in [5.41, 5.74) is 7.91. The molecule has 4 heteroatoms. The van der Waals surface area contributed by atoms with E-state index in [1.165, 1.54) is 15.5 Å². The van der Waals surface area contributed by atoms with Gasteiger partial charge in [0.15, 0.2) is 5.82 Å². The molecule has 0 fully saturated rings. The molecule has 196 valence electrons. The topological polar surface area (TPSA) is 38.9 Å². The van der Waals surface area contributed by atoms with E-state index in [9.17, 15) is 0 Å². The molecule has 3 heterocycles. The zero-order valence-corrected chi connectivity index (χ0v) is 23.2. The number of para-hydroxylation sites is 1. The Balaban J connectivity index is 1.32. The van der Waals surface area contributed by atoms with Crippen LogP contribution in [0.2, 0.25) is 0 Å². The van der Waals surface area contributed by atoms with E-state index in [2.05, 4.69) is 115 Å². The van der Waals surface area contributed by atoms with E-state index in [1.807, 2.05) is 18.2 Å². The van der Waals surface area contributed by atoms with Gasteiger partial charge in [-0.2, -0.15) is 0 Å². The van der Waals surface area contributed by atoms with Gasteiger partial charge >= 0.3 is 0 Å². The number of aromatic nitrogens is 2. The highest BCUT2D eigenvalue weighted by atomic mass is 32.1. The number of thiophene rings is 1. The summed E-state index contributed by atoms with van der Waals surface area (Å²) in [7, 11) is 0. The number of furan rings is 1. The summed E-state index contributed by atoms with van der Waals surface area (Å²) in [5, 5.41) is 5.69. The molecule has 0 aliphatic rings. The number of benzene rings is 6. The van der Waals surface area contributed by atoms with Gasteiger partial charge in [-0.3, -0.25) is 0 Å². The summed E-state index contributed by atoms with van der Waals surface area (Å²) in [6.07, 6.45) is 0. The fraction of sp³-hybridized carbons (Fsp3) is 0. The van der Waals surface area contributed by atoms with Gasteiger partial charge in [0.1, 0.15) is 11.2 Å². The van der Waals surface area contributed by atoms with Crippen molar-refractivity contribution in [3.8, 4) is 33.8 Å². The lowest BCUT2D eigenvalue weighted by Crippen LogP contribution is -1.94. The van der Waals surface area contributed by atoms with Crippen molar-refractivity contribution in [2.45, 2.75) is 0 Å². The van der Waals surface area contributed by atoms with Crippen LogP contribution in [-0.2, 0) is 0 Å². The number of hydrogen-bond acceptors (Lipinski definition) is 4. The molecule has 0 aliphatic heterocycles. The Hall–Kier alpha value is -5.32. The van der Waals surface area contributed by atoms with E-state index < -0.39 is 0 Å². The summed E-state index contributed by atoms with van der Waals surface area (Å²) in [4.78, 5) is 10.5. The summed E-state index contributed by atoms with van der Waals surface area (Å²) < 4.78 is 8.93. The van der Waals surface area contributed by atoms with Crippen LogP contribution in [0.5, 0.6) is 0 Å². The third kappa shape index (κ3) is 3.52. The molecule has 0 spiro atoms. The largest absolute Gasteiger partial charge is 0.455 e. The van der Waals surface area contributed by atoms with Crippen LogP contribution >= 0.6 is 11.3 Å². The predicted octanol–water partition coefficient (Wildman–Crippen LogP) is 10.9. The lowest BCUT2D eigenvalue weighted by molar-refractivity contribution is 0.670. The highest BCUT2D eigenvalue weighted by Gasteiger charge is 2.20. The zero-order valence-electron chi connectivity index (χ0n) is 22.4. The van der Waals surface area contributed by atoms with Crippen molar-refractivity contribution in [3.05, 3.63) is 133 Å². The second-order valence-corrected chi connectivity index (χ2v) is 11.6. The smallest absolute Gasteiger partial charge is 0.161 e. The summed E-state index contributed by atoms with van der Waals surface area (Å²) >= 11 is 1.75. The van der Waals surface area contributed by atoms with Gasteiger partial charge in [0.25, 0.3) is 0 Å². The fourth-order valence-electron chi connectivity index (χ4n) is 6.12. The minimum Gasteiger partial charge on any atom is -0.455 e. The van der Waals surface area contributed by atoms with Gasteiger partial charge in [0, 0.05) is 37.5 Å². The molecule has 0 N–H and O–H groups in total. The van der Waals surface area contributed by atoms with Gasteiger partial charge in [-0.05, 0) is 34.5 Å². The molecule has 3 nitrogen and oxygen atoms in total. The molecule has 9 aromatic rings. The van der Waals surface area contributed by atoms with Crippen molar-refractivity contribution in [1.29, 1.82) is 0 Å². The van der Waals surface area contributed by atoms with Crippen molar-refractivity contribution in [3.63, 3.8) is 0 Å².